The van der Waals surface area contributed by atoms with Crippen LogP contribution in [0.25, 0.3) is 17.4 Å². The first-order chi connectivity index (χ1) is 9.00. The van der Waals surface area contributed by atoms with E-state index in [2.05, 4.69) is 0 Å². The first-order valence-corrected chi connectivity index (χ1v) is 7.37. The van der Waals surface area contributed by atoms with Crippen LogP contribution in [0.2, 0.25) is 0 Å². The Hall–Kier alpha value is -2.32. The van der Waals surface area contributed by atoms with Crippen LogP contribution in [0.3, 0.4) is 0 Å². The number of hydrogen-bond donors (Lipinski definition) is 0. The molecule has 0 radical (unpaired) electrons. The lowest BCUT2D eigenvalue weighted by molar-refractivity contribution is 0.571. The largest absolute Gasteiger partial charge is 0.457 e. The van der Waals surface area contributed by atoms with Crippen molar-refractivity contribution in [2.45, 2.75) is 0 Å². The Bertz CT molecular complexity index is 749. The van der Waals surface area contributed by atoms with Crippen LogP contribution in [0.4, 0.5) is 0 Å². The maximum absolute atomic E-state index is 11.3. The van der Waals surface area contributed by atoms with Gasteiger partial charge in [-0.05, 0) is 12.1 Å². The van der Waals surface area contributed by atoms with Gasteiger partial charge in [-0.15, -0.1) is 0 Å². The maximum Gasteiger partial charge on any atom is 0.185 e. The van der Waals surface area contributed by atoms with Gasteiger partial charge < -0.3 is 4.42 Å². The quantitative estimate of drug-likeness (QED) is 0.806. The number of nitriles is 1. The van der Waals surface area contributed by atoms with Gasteiger partial charge in [0.1, 0.15) is 22.5 Å². The lowest BCUT2D eigenvalue weighted by Gasteiger charge is -1.95. The number of allylic oxidation sites excluding steroid dienone is 1. The highest BCUT2D eigenvalue weighted by molar-refractivity contribution is 7.95. The molecule has 0 atom stereocenters. The zero-order valence-electron chi connectivity index (χ0n) is 10.2. The Balaban J connectivity index is 2.38. The van der Waals surface area contributed by atoms with Crippen LogP contribution in [0.1, 0.15) is 5.76 Å². The molecule has 1 aromatic heterocycles. The molecule has 0 bridgehead atoms. The summed E-state index contributed by atoms with van der Waals surface area (Å²) in [5.74, 6) is 0.957. The van der Waals surface area contributed by atoms with E-state index in [9.17, 15) is 8.42 Å². The van der Waals surface area contributed by atoms with Crippen LogP contribution in [-0.2, 0) is 9.84 Å². The van der Waals surface area contributed by atoms with Gasteiger partial charge in [0.2, 0.25) is 0 Å². The fourth-order valence-electron chi connectivity index (χ4n) is 1.54. The van der Waals surface area contributed by atoms with E-state index in [1.807, 2.05) is 30.3 Å². The highest BCUT2D eigenvalue weighted by Gasteiger charge is 2.12. The number of nitrogens with zero attached hydrogens (tertiary/aromatic N) is 1. The average molecular weight is 273 g/mol. The van der Waals surface area contributed by atoms with Crippen molar-refractivity contribution in [1.82, 2.24) is 0 Å². The molecule has 2 rings (SSSR count). The second-order valence-corrected chi connectivity index (χ2v) is 5.94. The maximum atomic E-state index is 11.3. The predicted octanol–water partition coefficient (Wildman–Crippen LogP) is 2.86. The second kappa shape index (κ2) is 5.12. The van der Waals surface area contributed by atoms with Crippen molar-refractivity contribution < 1.29 is 12.8 Å². The van der Waals surface area contributed by atoms with E-state index >= 15 is 0 Å². The fourth-order valence-corrected chi connectivity index (χ4v) is 2.04. The lowest BCUT2D eigenvalue weighted by Crippen LogP contribution is -1.97. The smallest absolute Gasteiger partial charge is 0.185 e. The minimum absolute atomic E-state index is 0.318. The minimum atomic E-state index is -3.53. The Morgan fingerprint density at radius 2 is 1.89 bits per heavy atom. The number of rotatable bonds is 3. The van der Waals surface area contributed by atoms with Gasteiger partial charge in [0.25, 0.3) is 0 Å². The topological polar surface area (TPSA) is 71.1 Å². The number of hydrogen-bond acceptors (Lipinski definition) is 4. The van der Waals surface area contributed by atoms with Crippen molar-refractivity contribution in [3.8, 4) is 17.4 Å². The molecule has 0 spiro atoms. The van der Waals surface area contributed by atoms with Crippen LogP contribution < -0.4 is 0 Å². The molecule has 1 aromatic carbocycles. The molecule has 96 valence electrons. The van der Waals surface area contributed by atoms with Crippen LogP contribution in [-0.4, -0.2) is 14.7 Å². The molecule has 0 aliphatic carbocycles. The van der Waals surface area contributed by atoms with Gasteiger partial charge in [-0.1, -0.05) is 30.3 Å². The third-order valence-electron chi connectivity index (χ3n) is 2.47. The summed E-state index contributed by atoms with van der Waals surface area (Å²) in [6.45, 7) is 0. The molecule has 0 amide bonds. The third kappa shape index (κ3) is 3.12. The predicted molar refractivity (Wildman–Crippen MR) is 72.6 cm³/mol. The van der Waals surface area contributed by atoms with Crippen molar-refractivity contribution in [3.63, 3.8) is 0 Å². The van der Waals surface area contributed by atoms with Crippen LogP contribution in [0.5, 0.6) is 0 Å². The lowest BCUT2D eigenvalue weighted by atomic mass is 10.2. The van der Waals surface area contributed by atoms with Gasteiger partial charge in [0.05, 0.1) is 0 Å². The molecule has 0 saturated carbocycles. The molecule has 0 unspecified atom stereocenters. The normalized spacial score (nSPS) is 12.1. The summed E-state index contributed by atoms with van der Waals surface area (Å²) in [7, 11) is -3.53. The Morgan fingerprint density at radius 1 is 1.21 bits per heavy atom. The molecule has 2 aromatic rings. The molecular formula is C14H11NO3S. The van der Waals surface area contributed by atoms with Crippen LogP contribution in [0.15, 0.2) is 51.8 Å². The van der Waals surface area contributed by atoms with E-state index < -0.39 is 9.84 Å². The highest BCUT2D eigenvalue weighted by Crippen LogP contribution is 2.23. The Morgan fingerprint density at radius 3 is 2.47 bits per heavy atom. The van der Waals surface area contributed by atoms with Crippen LogP contribution in [0, 0.1) is 11.3 Å². The minimum Gasteiger partial charge on any atom is -0.457 e. The third-order valence-corrected chi connectivity index (χ3v) is 3.48. The summed E-state index contributed by atoms with van der Waals surface area (Å²) >= 11 is 0. The summed E-state index contributed by atoms with van der Waals surface area (Å²) < 4.78 is 28.1. The number of benzene rings is 1. The molecule has 0 N–H and O–H groups in total. The van der Waals surface area contributed by atoms with Gasteiger partial charge in [0, 0.05) is 17.9 Å². The highest BCUT2D eigenvalue weighted by atomic mass is 32.2. The Kier molecular flexibility index (Phi) is 3.54. The van der Waals surface area contributed by atoms with E-state index in [1.165, 1.54) is 6.08 Å². The summed E-state index contributed by atoms with van der Waals surface area (Å²) in [6.07, 6.45) is 2.21. The molecule has 5 heteroatoms. The van der Waals surface area contributed by atoms with Gasteiger partial charge in [-0.3, -0.25) is 0 Å². The summed E-state index contributed by atoms with van der Waals surface area (Å²) in [4.78, 5) is -0.318. The van der Waals surface area contributed by atoms with E-state index in [0.29, 0.717) is 11.5 Å². The van der Waals surface area contributed by atoms with E-state index in [-0.39, 0.29) is 4.91 Å². The zero-order valence-corrected chi connectivity index (χ0v) is 11.0. The monoisotopic (exact) mass is 273 g/mol. The van der Waals surface area contributed by atoms with Gasteiger partial charge in [0.15, 0.2) is 9.84 Å². The molecule has 0 aliphatic heterocycles. The van der Waals surface area contributed by atoms with E-state index in [0.717, 1.165) is 11.8 Å². The molecule has 0 saturated heterocycles. The molecular weight excluding hydrogens is 262 g/mol. The van der Waals surface area contributed by atoms with Crippen molar-refractivity contribution >= 4 is 15.9 Å². The Labute approximate surface area is 111 Å². The summed E-state index contributed by atoms with van der Waals surface area (Å²) in [5.41, 5.74) is 0.889. The fraction of sp³-hybridized carbons (Fsp3) is 0.0714. The average Bonchev–Trinajstić information content (AvgIpc) is 2.84. The molecule has 19 heavy (non-hydrogen) atoms. The van der Waals surface area contributed by atoms with E-state index in [4.69, 9.17) is 9.68 Å². The zero-order chi connectivity index (χ0) is 13.9. The van der Waals surface area contributed by atoms with Gasteiger partial charge in [-0.2, -0.15) is 5.26 Å². The van der Waals surface area contributed by atoms with Crippen molar-refractivity contribution in [1.29, 1.82) is 5.26 Å². The molecule has 1 heterocycles. The number of furan rings is 1. The summed E-state index contributed by atoms with van der Waals surface area (Å²) in [6, 6.07) is 14.4. The number of sulfone groups is 1. The first kappa shape index (κ1) is 13.1. The second-order valence-electron chi connectivity index (χ2n) is 3.96. The molecule has 0 aliphatic rings. The first-order valence-electron chi connectivity index (χ1n) is 5.48. The van der Waals surface area contributed by atoms with E-state index in [1.54, 1.807) is 18.2 Å². The van der Waals surface area contributed by atoms with Crippen molar-refractivity contribution in [2.75, 3.05) is 6.26 Å². The van der Waals surface area contributed by atoms with Crippen molar-refractivity contribution in [3.05, 3.63) is 53.1 Å². The SMILES string of the molecule is CS(=O)(=O)/C(C#N)=C/c1ccc(-c2ccccc2)o1. The van der Waals surface area contributed by atoms with Gasteiger partial charge >= 0.3 is 0 Å². The standard InChI is InChI=1S/C14H11NO3S/c1-19(16,17)13(10-15)9-12-7-8-14(18-12)11-5-3-2-4-6-11/h2-9H,1H3/b13-9+. The van der Waals surface area contributed by atoms with Gasteiger partial charge in [-0.25, -0.2) is 8.42 Å². The molecule has 0 fully saturated rings. The summed E-state index contributed by atoms with van der Waals surface area (Å²) in [5, 5.41) is 8.81. The van der Waals surface area contributed by atoms with Crippen molar-refractivity contribution in [2.24, 2.45) is 0 Å². The van der Waals surface area contributed by atoms with Crippen LogP contribution >= 0.6 is 0 Å². The molecule has 4 nitrogen and oxygen atoms in total.